The molecule has 3 aromatic carbocycles. The summed E-state index contributed by atoms with van der Waals surface area (Å²) in [7, 11) is 0. The number of halogens is 6. The number of aromatic hydroxyl groups is 1. The first kappa shape index (κ1) is 38.1. The number of phenolic OH excluding ortho intramolecular Hbond substituents is 1. The van der Waals surface area contributed by atoms with E-state index in [1.807, 2.05) is 50.2 Å². The predicted molar refractivity (Wildman–Crippen MR) is 174 cm³/mol. The van der Waals surface area contributed by atoms with Gasteiger partial charge in [-0.2, -0.15) is 26.3 Å². The molecule has 1 aromatic heterocycles. The summed E-state index contributed by atoms with van der Waals surface area (Å²) in [6.45, 7) is 7.70. The van der Waals surface area contributed by atoms with Crippen molar-refractivity contribution in [3.63, 3.8) is 0 Å². The Morgan fingerprint density at radius 3 is 1.96 bits per heavy atom. The minimum absolute atomic E-state index is 0.309. The Balaban J connectivity index is 0.000000280. The van der Waals surface area contributed by atoms with Crippen LogP contribution in [-0.2, 0) is 27.5 Å². The highest BCUT2D eigenvalue weighted by molar-refractivity contribution is 8.11. The molecule has 4 aromatic rings. The number of hydrogen-bond acceptors (Lipinski definition) is 6. The number of carbonyl (C=O) groups excluding carboxylic acids is 2. The zero-order valence-electron chi connectivity index (χ0n) is 26.6. The number of phenols is 1. The van der Waals surface area contributed by atoms with Gasteiger partial charge in [-0.15, -0.1) is 0 Å². The van der Waals surface area contributed by atoms with E-state index in [4.69, 9.17) is 5.11 Å². The van der Waals surface area contributed by atoms with E-state index < -0.39 is 35.2 Å². The van der Waals surface area contributed by atoms with Crippen molar-refractivity contribution in [1.82, 2.24) is 10.3 Å². The third-order valence-electron chi connectivity index (χ3n) is 7.23. The number of alkyl halides is 6. The highest BCUT2D eigenvalue weighted by Gasteiger charge is 2.38. The van der Waals surface area contributed by atoms with Crippen LogP contribution < -0.4 is 10.2 Å². The van der Waals surface area contributed by atoms with Crippen molar-refractivity contribution < 1.29 is 41.0 Å². The number of amides is 1. The van der Waals surface area contributed by atoms with Crippen LogP contribution in [0.5, 0.6) is 5.75 Å². The second-order valence-corrected chi connectivity index (χ2v) is 12.3. The Kier molecular flexibility index (Phi) is 12.8. The molecule has 0 spiro atoms. The van der Waals surface area contributed by atoms with Gasteiger partial charge in [0.15, 0.2) is 5.62 Å². The van der Waals surface area contributed by atoms with Crippen LogP contribution in [0.3, 0.4) is 0 Å². The van der Waals surface area contributed by atoms with Crippen LogP contribution >= 0.6 is 11.8 Å². The fourth-order valence-electron chi connectivity index (χ4n) is 4.65. The largest absolute Gasteiger partial charge is 0.508 e. The molecule has 1 aliphatic heterocycles. The molecule has 1 fully saturated rings. The first-order chi connectivity index (χ1) is 22.4. The fraction of sp³-hybridized carbons (Fsp3) is 0.286. The number of benzene rings is 3. The number of rotatable bonds is 6. The summed E-state index contributed by atoms with van der Waals surface area (Å²) in [5, 5.41) is 11.9. The molecule has 1 atom stereocenters. The third kappa shape index (κ3) is 11.1. The van der Waals surface area contributed by atoms with Gasteiger partial charge in [-0.25, -0.2) is 0 Å². The maximum absolute atomic E-state index is 12.8. The molecule has 0 aliphatic carbocycles. The normalized spacial score (nSPS) is 14.8. The number of carbonyl (C=O) groups is 2. The lowest BCUT2D eigenvalue weighted by molar-refractivity contribution is -0.141. The van der Waals surface area contributed by atoms with Gasteiger partial charge < -0.3 is 10.0 Å². The summed E-state index contributed by atoms with van der Waals surface area (Å²) >= 11 is 1.20. The molecule has 1 unspecified atom stereocenters. The molecule has 48 heavy (non-hydrogen) atoms. The van der Waals surface area contributed by atoms with Crippen molar-refractivity contribution in [1.29, 1.82) is 0 Å². The predicted octanol–water partition coefficient (Wildman–Crippen LogP) is 8.73. The zero-order chi connectivity index (χ0) is 35.7. The summed E-state index contributed by atoms with van der Waals surface area (Å²) in [4.78, 5) is 28.6. The van der Waals surface area contributed by atoms with E-state index in [1.54, 1.807) is 26.0 Å². The number of anilines is 1. The van der Waals surface area contributed by atoms with Crippen LogP contribution in [0.15, 0.2) is 96.0 Å². The lowest BCUT2D eigenvalue weighted by atomic mass is 9.94. The van der Waals surface area contributed by atoms with Gasteiger partial charge in [-0.3, -0.25) is 19.9 Å². The molecule has 1 aliphatic rings. The molecule has 6 nitrogen and oxygen atoms in total. The molecule has 1 amide bonds. The van der Waals surface area contributed by atoms with E-state index in [2.05, 4.69) is 10.3 Å². The van der Waals surface area contributed by atoms with E-state index in [0.29, 0.717) is 30.0 Å². The third-order valence-corrected chi connectivity index (χ3v) is 7.87. The van der Waals surface area contributed by atoms with E-state index in [-0.39, 0.29) is 5.91 Å². The van der Waals surface area contributed by atoms with Crippen molar-refractivity contribution in [2.75, 3.05) is 11.4 Å². The molecule has 2 N–H and O–H groups in total. The van der Waals surface area contributed by atoms with Crippen LogP contribution in [0, 0.1) is 13.8 Å². The summed E-state index contributed by atoms with van der Waals surface area (Å²) in [5.41, 5.74) is 1.30. The lowest BCUT2D eigenvalue weighted by Gasteiger charge is -2.30. The van der Waals surface area contributed by atoms with Gasteiger partial charge in [0.1, 0.15) is 11.4 Å². The second kappa shape index (κ2) is 16.2. The number of nitrogens with one attached hydrogen (secondary N) is 1. The minimum atomic E-state index is -4.54. The Bertz CT molecular complexity index is 1630. The highest BCUT2D eigenvalue weighted by Crippen LogP contribution is 2.33. The van der Waals surface area contributed by atoms with Crippen LogP contribution in [-0.4, -0.2) is 34.2 Å². The topological polar surface area (TPSA) is 82.5 Å². The SMILES string of the molecule is CC(C)(NC1CCN(c2ccc(C(F)(F)F)cc2)C1=O)c1ccc(C(F)(F)F)nc1.Cc1ccc(SC=O)cc1.Cc1cccc(O)c1. The smallest absolute Gasteiger partial charge is 0.433 e. The Morgan fingerprint density at radius 2 is 1.48 bits per heavy atom. The number of aryl methyl sites for hydroxylation is 2. The Labute approximate surface area is 279 Å². The number of aromatic nitrogens is 1. The van der Waals surface area contributed by atoms with Crippen LogP contribution in [0.4, 0.5) is 32.0 Å². The first-order valence-electron chi connectivity index (χ1n) is 14.6. The maximum atomic E-state index is 12.8. The van der Waals surface area contributed by atoms with Gasteiger partial charge in [0, 0.05) is 28.9 Å². The average molecular weight is 692 g/mol. The number of pyridine rings is 1. The zero-order valence-corrected chi connectivity index (χ0v) is 27.4. The molecule has 0 saturated carbocycles. The van der Waals surface area contributed by atoms with E-state index in [0.717, 1.165) is 40.5 Å². The summed E-state index contributed by atoms with van der Waals surface area (Å²) in [5.74, 6) is 0.0210. The van der Waals surface area contributed by atoms with Gasteiger partial charge in [0.25, 0.3) is 0 Å². The molecular weight excluding hydrogens is 656 g/mol. The van der Waals surface area contributed by atoms with Crippen LogP contribution in [0.2, 0.25) is 0 Å². The molecule has 2 heterocycles. The molecule has 1 saturated heterocycles. The molecular formula is C35H35F6N3O3S. The fourth-order valence-corrected chi connectivity index (χ4v) is 5.06. The summed E-state index contributed by atoms with van der Waals surface area (Å²) in [6, 6.07) is 20.9. The standard InChI is InChI=1S/C20H19F6N3O.C8H8OS.C7H8O/c1-18(2,13-5-8-16(27-11-13)20(24,25)26)28-15-9-10-29(17(15)30)14-6-3-12(4-7-14)19(21,22)23;1-7-2-4-8(5-3-7)10-6-9;1-6-3-2-4-7(8)5-6/h3-8,11,15,28H,9-10H2,1-2H3;2-6H,1H3;2-5,8H,1H3. The molecule has 256 valence electrons. The van der Waals surface area contributed by atoms with Crippen molar-refractivity contribution in [3.8, 4) is 5.75 Å². The van der Waals surface area contributed by atoms with E-state index >= 15 is 0 Å². The van der Waals surface area contributed by atoms with Crippen molar-refractivity contribution in [2.45, 2.75) is 62.9 Å². The second-order valence-electron chi connectivity index (χ2n) is 11.4. The van der Waals surface area contributed by atoms with Gasteiger partial charge in [0.2, 0.25) is 5.91 Å². The van der Waals surface area contributed by atoms with E-state index in [1.165, 1.54) is 40.4 Å². The molecule has 0 bridgehead atoms. The van der Waals surface area contributed by atoms with Gasteiger partial charge in [-0.1, -0.05) is 47.7 Å². The lowest BCUT2D eigenvalue weighted by Crippen LogP contribution is -2.47. The molecule has 0 radical (unpaired) electrons. The summed E-state index contributed by atoms with van der Waals surface area (Å²) < 4.78 is 76.2. The minimum Gasteiger partial charge on any atom is -0.508 e. The first-order valence-corrected chi connectivity index (χ1v) is 15.5. The van der Waals surface area contributed by atoms with Crippen molar-refractivity contribution in [3.05, 3.63) is 119 Å². The quantitative estimate of drug-likeness (QED) is 0.120. The maximum Gasteiger partial charge on any atom is 0.433 e. The molecule has 13 heteroatoms. The van der Waals surface area contributed by atoms with Crippen LogP contribution in [0.1, 0.15) is 48.2 Å². The Morgan fingerprint density at radius 1 is 0.854 bits per heavy atom. The molecule has 5 rings (SSSR count). The number of nitrogens with zero attached hydrogens (tertiary/aromatic N) is 2. The van der Waals surface area contributed by atoms with Gasteiger partial charge in [-0.05, 0) is 99.8 Å². The number of thioether (sulfide) groups is 1. The van der Waals surface area contributed by atoms with Crippen molar-refractivity contribution in [2.24, 2.45) is 0 Å². The average Bonchev–Trinajstić information content (AvgIpc) is 3.37. The number of hydrogen-bond donors (Lipinski definition) is 2. The van der Waals surface area contributed by atoms with Gasteiger partial charge >= 0.3 is 12.4 Å². The summed E-state index contributed by atoms with van der Waals surface area (Å²) in [6.07, 6.45) is -7.49. The Hall–Kier alpha value is -4.36. The van der Waals surface area contributed by atoms with Gasteiger partial charge in [0.05, 0.1) is 11.6 Å². The van der Waals surface area contributed by atoms with Crippen LogP contribution in [0.25, 0.3) is 0 Å². The van der Waals surface area contributed by atoms with E-state index in [9.17, 15) is 35.9 Å². The monoisotopic (exact) mass is 691 g/mol. The van der Waals surface area contributed by atoms with Crippen molar-refractivity contribution >= 4 is 29.0 Å². The highest BCUT2D eigenvalue weighted by atomic mass is 32.2.